The van der Waals surface area contributed by atoms with E-state index in [0.717, 1.165) is 0 Å². The van der Waals surface area contributed by atoms with Gasteiger partial charge in [-0.05, 0) is 6.07 Å². The Morgan fingerprint density at radius 3 is 2.72 bits per heavy atom. The molecule has 0 aromatic carbocycles. The first-order valence-corrected chi connectivity index (χ1v) is 4.91. The van der Waals surface area contributed by atoms with E-state index in [0.29, 0.717) is 5.69 Å². The van der Waals surface area contributed by atoms with Crippen LogP contribution in [0.5, 0.6) is 0 Å². The van der Waals surface area contributed by atoms with Crippen molar-refractivity contribution < 1.29 is 22.7 Å². The summed E-state index contributed by atoms with van der Waals surface area (Å²) in [5, 5.41) is 2.20. The van der Waals surface area contributed by atoms with Crippen molar-refractivity contribution in [1.29, 1.82) is 0 Å². The Hall–Kier alpha value is -1.99. The SMILES string of the molecule is CN(C)c1ccncc1NC(=O)OCC(F)(F)F. The maximum absolute atomic E-state index is 11.8. The Bertz CT molecular complexity index is 421. The van der Waals surface area contributed by atoms with Crippen LogP contribution in [0, 0.1) is 0 Å². The van der Waals surface area contributed by atoms with E-state index in [9.17, 15) is 18.0 Å². The fraction of sp³-hybridized carbons (Fsp3) is 0.400. The van der Waals surface area contributed by atoms with E-state index in [-0.39, 0.29) is 5.69 Å². The third-order valence-corrected chi connectivity index (χ3v) is 1.88. The van der Waals surface area contributed by atoms with Crippen molar-refractivity contribution in [2.45, 2.75) is 6.18 Å². The fourth-order valence-corrected chi connectivity index (χ4v) is 1.17. The minimum Gasteiger partial charge on any atom is -0.440 e. The van der Waals surface area contributed by atoms with Gasteiger partial charge in [-0.25, -0.2) is 4.79 Å². The number of amides is 1. The maximum Gasteiger partial charge on any atom is 0.422 e. The van der Waals surface area contributed by atoms with Crippen LogP contribution in [-0.2, 0) is 4.74 Å². The van der Waals surface area contributed by atoms with Crippen molar-refractivity contribution in [1.82, 2.24) is 4.98 Å². The van der Waals surface area contributed by atoms with E-state index in [4.69, 9.17) is 0 Å². The number of pyridine rings is 1. The number of hydrogen-bond donors (Lipinski definition) is 1. The highest BCUT2D eigenvalue weighted by Crippen LogP contribution is 2.22. The van der Waals surface area contributed by atoms with Gasteiger partial charge >= 0.3 is 12.3 Å². The second-order valence-corrected chi connectivity index (χ2v) is 3.60. The Kier molecular flexibility index (Phi) is 4.35. The van der Waals surface area contributed by atoms with Gasteiger partial charge in [0.15, 0.2) is 6.61 Å². The molecule has 0 aliphatic heterocycles. The minimum atomic E-state index is -4.54. The van der Waals surface area contributed by atoms with Gasteiger partial charge in [0.05, 0.1) is 17.6 Å². The third-order valence-electron chi connectivity index (χ3n) is 1.88. The number of hydrogen-bond acceptors (Lipinski definition) is 4. The Morgan fingerprint density at radius 1 is 1.50 bits per heavy atom. The van der Waals surface area contributed by atoms with Gasteiger partial charge in [0, 0.05) is 20.3 Å². The summed E-state index contributed by atoms with van der Waals surface area (Å²) in [6.45, 7) is -1.63. The average molecular weight is 263 g/mol. The van der Waals surface area contributed by atoms with E-state index in [2.05, 4.69) is 15.0 Å². The van der Waals surface area contributed by atoms with Gasteiger partial charge in [-0.15, -0.1) is 0 Å². The summed E-state index contributed by atoms with van der Waals surface area (Å²) in [4.78, 5) is 16.6. The fourth-order valence-electron chi connectivity index (χ4n) is 1.17. The van der Waals surface area contributed by atoms with Gasteiger partial charge in [-0.2, -0.15) is 13.2 Å². The van der Waals surface area contributed by atoms with Gasteiger partial charge in [0.2, 0.25) is 0 Å². The number of carbonyl (C=O) groups is 1. The van der Waals surface area contributed by atoms with Gasteiger partial charge < -0.3 is 9.64 Å². The van der Waals surface area contributed by atoms with Crippen molar-refractivity contribution in [3.8, 4) is 0 Å². The molecule has 0 unspecified atom stereocenters. The Labute approximate surface area is 102 Å². The Balaban J connectivity index is 2.65. The highest BCUT2D eigenvalue weighted by molar-refractivity contribution is 5.89. The molecule has 0 saturated heterocycles. The van der Waals surface area contributed by atoms with Crippen LogP contribution in [0.1, 0.15) is 0 Å². The molecule has 1 aromatic rings. The summed E-state index contributed by atoms with van der Waals surface area (Å²) in [6.07, 6.45) is -2.90. The van der Waals surface area contributed by atoms with Crippen LogP contribution >= 0.6 is 0 Å². The van der Waals surface area contributed by atoms with Crippen LogP contribution in [0.15, 0.2) is 18.5 Å². The van der Waals surface area contributed by atoms with E-state index < -0.39 is 18.9 Å². The van der Waals surface area contributed by atoms with E-state index in [1.165, 1.54) is 12.4 Å². The van der Waals surface area contributed by atoms with Crippen molar-refractivity contribution >= 4 is 17.5 Å². The Morgan fingerprint density at radius 2 is 2.17 bits per heavy atom. The summed E-state index contributed by atoms with van der Waals surface area (Å²) in [5.74, 6) is 0. The highest BCUT2D eigenvalue weighted by Gasteiger charge is 2.29. The predicted octanol–water partition coefficient (Wildman–Crippen LogP) is 2.26. The number of nitrogens with one attached hydrogen (secondary N) is 1. The molecule has 0 aliphatic rings. The van der Waals surface area contributed by atoms with Crippen molar-refractivity contribution in [2.24, 2.45) is 0 Å². The van der Waals surface area contributed by atoms with Crippen molar-refractivity contribution in [3.05, 3.63) is 18.5 Å². The van der Waals surface area contributed by atoms with Crippen molar-refractivity contribution in [3.63, 3.8) is 0 Å². The maximum atomic E-state index is 11.8. The van der Waals surface area contributed by atoms with Crippen LogP contribution < -0.4 is 10.2 Å². The smallest absolute Gasteiger partial charge is 0.422 e. The monoisotopic (exact) mass is 263 g/mol. The topological polar surface area (TPSA) is 54.5 Å². The molecule has 1 aromatic heterocycles. The zero-order valence-corrected chi connectivity index (χ0v) is 9.78. The number of halogens is 3. The molecule has 0 aliphatic carbocycles. The lowest BCUT2D eigenvalue weighted by Crippen LogP contribution is -2.24. The molecule has 0 saturated carbocycles. The molecular formula is C10H12F3N3O2. The van der Waals surface area contributed by atoms with E-state index >= 15 is 0 Å². The lowest BCUT2D eigenvalue weighted by Gasteiger charge is -2.17. The number of anilines is 2. The molecule has 0 fully saturated rings. The number of aromatic nitrogens is 1. The van der Waals surface area contributed by atoms with Crippen LogP contribution in [0.4, 0.5) is 29.3 Å². The number of carbonyl (C=O) groups excluding carboxylic acids is 1. The van der Waals surface area contributed by atoms with Crippen LogP contribution in [0.3, 0.4) is 0 Å². The highest BCUT2D eigenvalue weighted by atomic mass is 19.4. The molecule has 0 bridgehead atoms. The first-order chi connectivity index (χ1) is 8.29. The van der Waals surface area contributed by atoms with Gasteiger partial charge in [-0.1, -0.05) is 0 Å². The van der Waals surface area contributed by atoms with Crippen LogP contribution in [0.2, 0.25) is 0 Å². The average Bonchev–Trinajstić information content (AvgIpc) is 2.26. The summed E-state index contributed by atoms with van der Waals surface area (Å²) in [5.41, 5.74) is 0.878. The molecule has 0 radical (unpaired) electrons. The number of nitrogens with zero attached hydrogens (tertiary/aromatic N) is 2. The van der Waals surface area contributed by atoms with Gasteiger partial charge in [0.1, 0.15) is 0 Å². The lowest BCUT2D eigenvalue weighted by molar-refractivity contribution is -0.159. The summed E-state index contributed by atoms with van der Waals surface area (Å²) < 4.78 is 39.5. The molecule has 1 amide bonds. The van der Waals surface area contributed by atoms with Crippen LogP contribution in [0.25, 0.3) is 0 Å². The molecule has 1 rings (SSSR count). The first kappa shape index (κ1) is 14.1. The third kappa shape index (κ3) is 4.48. The van der Waals surface area contributed by atoms with Crippen molar-refractivity contribution in [2.75, 3.05) is 30.9 Å². The first-order valence-electron chi connectivity index (χ1n) is 4.91. The largest absolute Gasteiger partial charge is 0.440 e. The normalized spacial score (nSPS) is 10.9. The van der Waals surface area contributed by atoms with E-state index in [1.54, 1.807) is 25.1 Å². The van der Waals surface area contributed by atoms with Gasteiger partial charge in [-0.3, -0.25) is 10.3 Å². The molecule has 0 atom stereocenters. The quantitative estimate of drug-likeness (QED) is 0.908. The van der Waals surface area contributed by atoms with Crippen LogP contribution in [-0.4, -0.2) is 38.0 Å². The molecule has 100 valence electrons. The minimum absolute atomic E-state index is 0.273. The zero-order valence-electron chi connectivity index (χ0n) is 9.78. The molecule has 5 nitrogen and oxygen atoms in total. The second-order valence-electron chi connectivity index (χ2n) is 3.60. The standard InChI is InChI=1S/C10H12F3N3O2/c1-16(2)8-3-4-14-5-7(8)15-9(17)18-6-10(11,12)13/h3-5H,6H2,1-2H3,(H,15,17). The lowest BCUT2D eigenvalue weighted by atomic mass is 10.3. The zero-order chi connectivity index (χ0) is 13.8. The summed E-state index contributed by atoms with van der Waals surface area (Å²) in [7, 11) is 3.45. The molecule has 0 spiro atoms. The summed E-state index contributed by atoms with van der Waals surface area (Å²) in [6, 6.07) is 1.61. The molecule has 1 heterocycles. The second kappa shape index (κ2) is 5.56. The summed E-state index contributed by atoms with van der Waals surface area (Å²) >= 11 is 0. The van der Waals surface area contributed by atoms with Gasteiger partial charge in [0.25, 0.3) is 0 Å². The molecular weight excluding hydrogens is 251 g/mol. The molecule has 8 heteroatoms. The number of ether oxygens (including phenoxy) is 1. The van der Waals surface area contributed by atoms with E-state index in [1.807, 2.05) is 0 Å². The molecule has 18 heavy (non-hydrogen) atoms. The number of alkyl halides is 3. The molecule has 1 N–H and O–H groups in total. The number of rotatable bonds is 3. The predicted molar refractivity (Wildman–Crippen MR) is 59.6 cm³/mol.